The van der Waals surface area contributed by atoms with Crippen LogP contribution in [0.2, 0.25) is 5.15 Å². The monoisotopic (exact) mass is 192 g/mol. The SMILES string of the molecule is Cc1cc(Cl)nc2c(N)cccc12. The summed E-state index contributed by atoms with van der Waals surface area (Å²) in [5, 5.41) is 1.55. The van der Waals surface area contributed by atoms with Gasteiger partial charge in [0.2, 0.25) is 0 Å². The Kier molecular flexibility index (Phi) is 1.85. The smallest absolute Gasteiger partial charge is 0.130 e. The molecule has 0 saturated carbocycles. The first-order valence-corrected chi connectivity index (χ1v) is 4.37. The Morgan fingerprint density at radius 3 is 2.92 bits per heavy atom. The summed E-state index contributed by atoms with van der Waals surface area (Å²) < 4.78 is 0. The third-order valence-corrected chi connectivity index (χ3v) is 2.24. The lowest BCUT2D eigenvalue weighted by Crippen LogP contribution is -1.91. The molecule has 0 saturated heterocycles. The average Bonchev–Trinajstić information content (AvgIpc) is 2.07. The highest BCUT2D eigenvalue weighted by Gasteiger charge is 2.02. The number of benzene rings is 1. The normalized spacial score (nSPS) is 10.6. The van der Waals surface area contributed by atoms with Crippen molar-refractivity contribution in [1.29, 1.82) is 0 Å². The van der Waals surface area contributed by atoms with E-state index in [0.717, 1.165) is 16.5 Å². The van der Waals surface area contributed by atoms with E-state index in [1.807, 2.05) is 31.2 Å². The van der Waals surface area contributed by atoms with Crippen molar-refractivity contribution in [2.45, 2.75) is 6.92 Å². The Morgan fingerprint density at radius 2 is 2.15 bits per heavy atom. The largest absolute Gasteiger partial charge is 0.397 e. The van der Waals surface area contributed by atoms with Crippen LogP contribution >= 0.6 is 11.6 Å². The second kappa shape index (κ2) is 2.89. The van der Waals surface area contributed by atoms with Gasteiger partial charge in [-0.05, 0) is 24.6 Å². The molecule has 0 radical (unpaired) electrons. The predicted octanol–water partition coefficient (Wildman–Crippen LogP) is 2.78. The van der Waals surface area contributed by atoms with E-state index in [1.54, 1.807) is 0 Å². The van der Waals surface area contributed by atoms with Crippen LogP contribution in [0, 0.1) is 6.92 Å². The quantitative estimate of drug-likeness (QED) is 0.515. The molecule has 2 aromatic rings. The number of anilines is 1. The van der Waals surface area contributed by atoms with E-state index in [4.69, 9.17) is 17.3 Å². The first-order valence-electron chi connectivity index (χ1n) is 4.00. The summed E-state index contributed by atoms with van der Waals surface area (Å²) in [7, 11) is 0. The summed E-state index contributed by atoms with van der Waals surface area (Å²) in [6.45, 7) is 2.00. The van der Waals surface area contributed by atoms with E-state index in [9.17, 15) is 0 Å². The minimum absolute atomic E-state index is 0.489. The van der Waals surface area contributed by atoms with Crippen LogP contribution in [-0.4, -0.2) is 4.98 Å². The van der Waals surface area contributed by atoms with Gasteiger partial charge in [0.15, 0.2) is 0 Å². The fraction of sp³-hybridized carbons (Fsp3) is 0.100. The number of hydrogen-bond donors (Lipinski definition) is 1. The van der Waals surface area contributed by atoms with Gasteiger partial charge >= 0.3 is 0 Å². The van der Waals surface area contributed by atoms with Crippen molar-refractivity contribution >= 4 is 28.2 Å². The van der Waals surface area contributed by atoms with Gasteiger partial charge in [-0.3, -0.25) is 0 Å². The van der Waals surface area contributed by atoms with Gasteiger partial charge in [0, 0.05) is 5.39 Å². The summed E-state index contributed by atoms with van der Waals surface area (Å²) in [6.07, 6.45) is 0. The van der Waals surface area contributed by atoms with Crippen molar-refractivity contribution in [2.24, 2.45) is 0 Å². The van der Waals surface area contributed by atoms with Crippen LogP contribution in [0.4, 0.5) is 5.69 Å². The van der Waals surface area contributed by atoms with Crippen molar-refractivity contribution in [3.8, 4) is 0 Å². The number of rotatable bonds is 0. The topological polar surface area (TPSA) is 38.9 Å². The lowest BCUT2D eigenvalue weighted by atomic mass is 10.1. The van der Waals surface area contributed by atoms with Gasteiger partial charge in [-0.15, -0.1) is 0 Å². The standard InChI is InChI=1S/C10H9ClN2/c1-6-5-9(11)13-10-7(6)3-2-4-8(10)12/h2-5H,12H2,1H3. The molecule has 1 aromatic heterocycles. The number of hydrogen-bond acceptors (Lipinski definition) is 2. The highest BCUT2D eigenvalue weighted by Crippen LogP contribution is 2.24. The van der Waals surface area contributed by atoms with Crippen molar-refractivity contribution in [3.05, 3.63) is 35.0 Å². The van der Waals surface area contributed by atoms with Gasteiger partial charge in [0.05, 0.1) is 11.2 Å². The summed E-state index contributed by atoms with van der Waals surface area (Å²) >= 11 is 5.83. The Hall–Kier alpha value is -1.28. The molecule has 0 spiro atoms. The van der Waals surface area contributed by atoms with E-state index >= 15 is 0 Å². The Morgan fingerprint density at radius 1 is 1.38 bits per heavy atom. The molecule has 2 rings (SSSR count). The number of fused-ring (bicyclic) bond motifs is 1. The van der Waals surface area contributed by atoms with Crippen LogP contribution in [0.15, 0.2) is 24.3 Å². The molecule has 3 heteroatoms. The number of nitrogen functional groups attached to an aromatic ring is 1. The molecular formula is C10H9ClN2. The van der Waals surface area contributed by atoms with E-state index in [1.165, 1.54) is 0 Å². The maximum Gasteiger partial charge on any atom is 0.130 e. The maximum atomic E-state index is 5.83. The molecule has 0 aliphatic heterocycles. The van der Waals surface area contributed by atoms with Gasteiger partial charge in [-0.1, -0.05) is 23.7 Å². The van der Waals surface area contributed by atoms with Gasteiger partial charge in [-0.25, -0.2) is 4.98 Å². The first kappa shape index (κ1) is 8.32. The highest BCUT2D eigenvalue weighted by molar-refractivity contribution is 6.30. The molecule has 0 fully saturated rings. The minimum Gasteiger partial charge on any atom is -0.397 e. The summed E-state index contributed by atoms with van der Waals surface area (Å²) in [5.41, 5.74) is 8.33. The van der Waals surface area contributed by atoms with Crippen LogP contribution in [0.1, 0.15) is 5.56 Å². The second-order valence-electron chi connectivity index (χ2n) is 3.01. The van der Waals surface area contributed by atoms with Crippen molar-refractivity contribution < 1.29 is 0 Å². The molecule has 13 heavy (non-hydrogen) atoms. The number of para-hydroxylation sites is 1. The number of aryl methyl sites for hydroxylation is 1. The van der Waals surface area contributed by atoms with Crippen LogP contribution in [-0.2, 0) is 0 Å². The van der Waals surface area contributed by atoms with Crippen LogP contribution in [0.5, 0.6) is 0 Å². The zero-order valence-corrected chi connectivity index (χ0v) is 7.97. The fourth-order valence-electron chi connectivity index (χ4n) is 1.40. The molecule has 0 atom stereocenters. The number of nitrogens with two attached hydrogens (primary N) is 1. The molecule has 1 aromatic carbocycles. The third kappa shape index (κ3) is 1.33. The van der Waals surface area contributed by atoms with Crippen molar-refractivity contribution in [3.63, 3.8) is 0 Å². The van der Waals surface area contributed by atoms with Crippen molar-refractivity contribution in [2.75, 3.05) is 5.73 Å². The average molecular weight is 193 g/mol. The number of nitrogens with zero attached hydrogens (tertiary/aromatic N) is 1. The zero-order chi connectivity index (χ0) is 9.42. The predicted molar refractivity (Wildman–Crippen MR) is 55.9 cm³/mol. The lowest BCUT2D eigenvalue weighted by Gasteiger charge is -2.04. The van der Waals surface area contributed by atoms with E-state index in [-0.39, 0.29) is 0 Å². The zero-order valence-electron chi connectivity index (χ0n) is 7.21. The molecule has 2 N–H and O–H groups in total. The van der Waals surface area contributed by atoms with Crippen LogP contribution in [0.25, 0.3) is 10.9 Å². The molecule has 0 aliphatic carbocycles. The molecule has 0 aliphatic rings. The van der Waals surface area contributed by atoms with E-state index in [2.05, 4.69) is 4.98 Å². The number of halogens is 1. The second-order valence-corrected chi connectivity index (χ2v) is 3.39. The Labute approximate surface area is 81.3 Å². The summed E-state index contributed by atoms with van der Waals surface area (Å²) in [6, 6.07) is 7.57. The molecule has 66 valence electrons. The van der Waals surface area contributed by atoms with Gasteiger partial charge in [0.1, 0.15) is 5.15 Å². The molecule has 0 bridgehead atoms. The Bertz CT molecular complexity index is 466. The molecule has 1 heterocycles. The van der Waals surface area contributed by atoms with E-state index in [0.29, 0.717) is 10.8 Å². The van der Waals surface area contributed by atoms with Crippen LogP contribution in [0.3, 0.4) is 0 Å². The highest BCUT2D eigenvalue weighted by atomic mass is 35.5. The molecule has 2 nitrogen and oxygen atoms in total. The Balaban J connectivity index is 2.94. The van der Waals surface area contributed by atoms with Crippen molar-refractivity contribution in [1.82, 2.24) is 4.98 Å². The maximum absolute atomic E-state index is 5.83. The molecule has 0 amide bonds. The summed E-state index contributed by atoms with van der Waals surface area (Å²) in [5.74, 6) is 0. The number of aromatic nitrogens is 1. The lowest BCUT2D eigenvalue weighted by molar-refractivity contribution is 1.37. The van der Waals surface area contributed by atoms with Gasteiger partial charge in [0.25, 0.3) is 0 Å². The van der Waals surface area contributed by atoms with Gasteiger partial charge < -0.3 is 5.73 Å². The fourth-order valence-corrected chi connectivity index (χ4v) is 1.65. The summed E-state index contributed by atoms with van der Waals surface area (Å²) in [4.78, 5) is 4.18. The van der Waals surface area contributed by atoms with Gasteiger partial charge in [-0.2, -0.15) is 0 Å². The third-order valence-electron chi connectivity index (χ3n) is 2.05. The number of pyridine rings is 1. The minimum atomic E-state index is 0.489. The first-order chi connectivity index (χ1) is 6.18. The molecule has 0 unspecified atom stereocenters. The molecular weight excluding hydrogens is 184 g/mol. The van der Waals surface area contributed by atoms with Crippen LogP contribution < -0.4 is 5.73 Å². The van der Waals surface area contributed by atoms with E-state index < -0.39 is 0 Å².